The van der Waals surface area contributed by atoms with Gasteiger partial charge in [-0.1, -0.05) is 50.2 Å². The van der Waals surface area contributed by atoms with Crippen LogP contribution in [0.5, 0.6) is 11.5 Å². The standard InChI is InChI=1S/C28H31NO5/c1-17-24(27(31)34-16-18-9-7-6-8-10-18)25(19-11-12-22(32-4)23(13-19)33-5)26-20(29-17)14-28(2,3)15-21(26)30/h6-13,24-25H,14-16H2,1-5H3/t24?,25-/m1/s1. The summed E-state index contributed by atoms with van der Waals surface area (Å²) in [6.07, 6.45) is 1.09. The van der Waals surface area contributed by atoms with Crippen LogP contribution in [0.4, 0.5) is 0 Å². The fourth-order valence-electron chi connectivity index (χ4n) is 4.98. The third-order valence-corrected chi connectivity index (χ3v) is 6.55. The number of carbonyl (C=O) groups excluding carboxylic acids is 2. The van der Waals surface area contributed by atoms with Crippen molar-refractivity contribution in [1.29, 1.82) is 0 Å². The number of ketones is 1. The zero-order valence-electron chi connectivity index (χ0n) is 20.4. The fourth-order valence-corrected chi connectivity index (χ4v) is 4.98. The number of carbonyl (C=O) groups is 2. The van der Waals surface area contributed by atoms with Crippen molar-refractivity contribution in [1.82, 2.24) is 0 Å². The smallest absolute Gasteiger partial charge is 0.315 e. The van der Waals surface area contributed by atoms with Crippen LogP contribution >= 0.6 is 0 Å². The molecule has 4 rings (SSSR count). The Morgan fingerprint density at radius 2 is 1.74 bits per heavy atom. The Morgan fingerprint density at radius 1 is 1.03 bits per heavy atom. The van der Waals surface area contributed by atoms with Crippen LogP contribution in [-0.4, -0.2) is 31.7 Å². The van der Waals surface area contributed by atoms with Gasteiger partial charge in [0.25, 0.3) is 0 Å². The van der Waals surface area contributed by atoms with Gasteiger partial charge in [0.1, 0.15) is 12.5 Å². The summed E-state index contributed by atoms with van der Waals surface area (Å²) in [6.45, 7) is 6.16. The summed E-state index contributed by atoms with van der Waals surface area (Å²) < 4.78 is 16.7. The molecule has 0 bridgehead atoms. The van der Waals surface area contributed by atoms with Gasteiger partial charge in [-0.15, -0.1) is 0 Å². The van der Waals surface area contributed by atoms with Crippen molar-refractivity contribution in [2.24, 2.45) is 16.3 Å². The molecule has 0 radical (unpaired) electrons. The molecule has 2 atom stereocenters. The largest absolute Gasteiger partial charge is 0.493 e. The van der Waals surface area contributed by atoms with E-state index in [2.05, 4.69) is 13.8 Å². The number of benzene rings is 2. The molecule has 0 saturated carbocycles. The van der Waals surface area contributed by atoms with Gasteiger partial charge >= 0.3 is 5.97 Å². The average molecular weight is 462 g/mol. The van der Waals surface area contributed by atoms with E-state index in [1.54, 1.807) is 20.3 Å². The van der Waals surface area contributed by atoms with Crippen molar-refractivity contribution in [3.05, 3.63) is 70.9 Å². The van der Waals surface area contributed by atoms with E-state index < -0.39 is 17.8 Å². The lowest BCUT2D eigenvalue weighted by Crippen LogP contribution is -2.39. The van der Waals surface area contributed by atoms with Gasteiger partial charge in [-0.3, -0.25) is 14.6 Å². The molecule has 0 spiro atoms. The predicted octanol–water partition coefficient (Wildman–Crippen LogP) is 5.26. The summed E-state index contributed by atoms with van der Waals surface area (Å²) in [4.78, 5) is 31.7. The normalized spacial score (nSPS) is 21.4. The summed E-state index contributed by atoms with van der Waals surface area (Å²) >= 11 is 0. The Balaban J connectivity index is 1.77. The van der Waals surface area contributed by atoms with E-state index in [1.165, 1.54) is 0 Å². The van der Waals surface area contributed by atoms with Gasteiger partial charge < -0.3 is 14.2 Å². The maximum Gasteiger partial charge on any atom is 0.315 e. The van der Waals surface area contributed by atoms with Gasteiger partial charge in [0.2, 0.25) is 0 Å². The Labute approximate surface area is 200 Å². The van der Waals surface area contributed by atoms with Gasteiger partial charge in [-0.05, 0) is 42.0 Å². The number of rotatable bonds is 6. The molecule has 0 saturated heterocycles. The van der Waals surface area contributed by atoms with Gasteiger partial charge in [-0.2, -0.15) is 0 Å². The first kappa shape index (κ1) is 23.7. The number of ether oxygens (including phenoxy) is 3. The number of allylic oxidation sites excluding steroid dienone is 2. The van der Waals surface area contributed by atoms with Crippen LogP contribution in [0.15, 0.2) is 64.8 Å². The van der Waals surface area contributed by atoms with Crippen molar-refractivity contribution >= 4 is 17.5 Å². The second-order valence-electron chi connectivity index (χ2n) is 9.72. The monoisotopic (exact) mass is 461 g/mol. The third-order valence-electron chi connectivity index (χ3n) is 6.55. The van der Waals surface area contributed by atoms with Crippen molar-refractivity contribution in [3.8, 4) is 11.5 Å². The molecule has 0 aromatic heterocycles. The Bertz CT molecular complexity index is 1160. The van der Waals surface area contributed by atoms with Gasteiger partial charge in [0.05, 0.1) is 14.2 Å². The summed E-state index contributed by atoms with van der Waals surface area (Å²) in [7, 11) is 3.14. The minimum atomic E-state index is -0.703. The molecule has 1 heterocycles. The highest BCUT2D eigenvalue weighted by Gasteiger charge is 2.46. The van der Waals surface area contributed by atoms with Crippen molar-refractivity contribution < 1.29 is 23.8 Å². The topological polar surface area (TPSA) is 74.2 Å². The molecule has 0 fully saturated rings. The molecule has 1 unspecified atom stereocenters. The van der Waals surface area contributed by atoms with E-state index in [9.17, 15) is 9.59 Å². The van der Waals surface area contributed by atoms with Crippen LogP contribution in [-0.2, 0) is 20.9 Å². The molecule has 6 nitrogen and oxygen atoms in total. The highest BCUT2D eigenvalue weighted by atomic mass is 16.5. The van der Waals surface area contributed by atoms with Crippen LogP contribution in [0.2, 0.25) is 0 Å². The Hall–Kier alpha value is -3.41. The molecule has 1 aliphatic heterocycles. The van der Waals surface area contributed by atoms with Crippen LogP contribution in [0.3, 0.4) is 0 Å². The lowest BCUT2D eigenvalue weighted by atomic mass is 9.67. The zero-order valence-corrected chi connectivity index (χ0v) is 20.4. The highest BCUT2D eigenvalue weighted by molar-refractivity contribution is 6.09. The number of aliphatic imine (C=N–C) groups is 1. The predicted molar refractivity (Wildman–Crippen MR) is 130 cm³/mol. The molecular weight excluding hydrogens is 430 g/mol. The molecular formula is C28H31NO5. The average Bonchev–Trinajstić information content (AvgIpc) is 2.81. The van der Waals surface area contributed by atoms with Crippen LogP contribution in [0.1, 0.15) is 50.7 Å². The van der Waals surface area contributed by atoms with Gasteiger partial charge in [0, 0.05) is 29.3 Å². The fraction of sp³-hybridized carbons (Fsp3) is 0.393. The second kappa shape index (κ2) is 9.45. The second-order valence-corrected chi connectivity index (χ2v) is 9.72. The molecule has 0 amide bonds. The number of hydrogen-bond donors (Lipinski definition) is 0. The minimum absolute atomic E-state index is 0.0307. The number of methoxy groups -OCH3 is 2. The molecule has 2 aromatic rings. The van der Waals surface area contributed by atoms with E-state index in [0.29, 0.717) is 35.6 Å². The summed E-state index contributed by atoms with van der Waals surface area (Å²) in [6, 6.07) is 15.1. The van der Waals surface area contributed by atoms with E-state index in [4.69, 9.17) is 19.2 Å². The lowest BCUT2D eigenvalue weighted by Gasteiger charge is -2.39. The zero-order chi connectivity index (χ0) is 24.5. The quantitative estimate of drug-likeness (QED) is 0.548. The molecule has 1 aliphatic carbocycles. The van der Waals surface area contributed by atoms with Crippen molar-refractivity contribution in [2.75, 3.05) is 14.2 Å². The Morgan fingerprint density at radius 3 is 2.41 bits per heavy atom. The Kier molecular flexibility index (Phi) is 6.60. The van der Waals surface area contributed by atoms with Crippen LogP contribution in [0.25, 0.3) is 0 Å². The van der Waals surface area contributed by atoms with E-state index >= 15 is 0 Å². The molecule has 6 heteroatoms. The van der Waals surface area contributed by atoms with Crippen LogP contribution in [0, 0.1) is 11.3 Å². The van der Waals surface area contributed by atoms with Crippen molar-refractivity contribution in [2.45, 2.75) is 46.1 Å². The number of esters is 1. The molecule has 2 aliphatic rings. The van der Waals surface area contributed by atoms with E-state index in [1.807, 2.05) is 49.4 Å². The summed E-state index contributed by atoms with van der Waals surface area (Å²) in [5, 5.41) is 0. The highest BCUT2D eigenvalue weighted by Crippen LogP contribution is 2.48. The maximum atomic E-state index is 13.5. The summed E-state index contributed by atoms with van der Waals surface area (Å²) in [5.74, 6) is -0.439. The first-order valence-corrected chi connectivity index (χ1v) is 11.5. The van der Waals surface area contributed by atoms with E-state index in [0.717, 1.165) is 16.8 Å². The number of Topliss-reactive ketones (excluding diaryl/α,β-unsaturated/α-hetero) is 1. The molecule has 34 heavy (non-hydrogen) atoms. The first-order valence-electron chi connectivity index (χ1n) is 11.5. The molecule has 178 valence electrons. The maximum absolute atomic E-state index is 13.5. The minimum Gasteiger partial charge on any atom is -0.493 e. The van der Waals surface area contributed by atoms with E-state index in [-0.39, 0.29) is 17.8 Å². The first-order chi connectivity index (χ1) is 16.2. The summed E-state index contributed by atoms with van der Waals surface area (Å²) in [5.41, 5.74) is 3.56. The SMILES string of the molecule is COc1ccc([C@H]2C3=C(CC(C)(C)CC3=O)N=C(C)C2C(=O)OCc2ccccc2)cc1OC. The van der Waals surface area contributed by atoms with Crippen molar-refractivity contribution in [3.63, 3.8) is 0 Å². The molecule has 0 N–H and O–H groups in total. The van der Waals surface area contributed by atoms with Crippen LogP contribution < -0.4 is 9.47 Å². The third kappa shape index (κ3) is 4.63. The van der Waals surface area contributed by atoms with Gasteiger partial charge in [0.15, 0.2) is 17.3 Å². The molecule has 2 aromatic carbocycles. The number of hydrogen-bond acceptors (Lipinski definition) is 6. The van der Waals surface area contributed by atoms with Gasteiger partial charge in [-0.25, -0.2) is 0 Å². The number of nitrogens with zero attached hydrogens (tertiary/aromatic N) is 1. The lowest BCUT2D eigenvalue weighted by molar-refractivity contribution is -0.148.